The van der Waals surface area contributed by atoms with Crippen LogP contribution in [0.1, 0.15) is 49.3 Å². The van der Waals surface area contributed by atoms with Crippen molar-refractivity contribution in [3.8, 4) is 17.0 Å². The van der Waals surface area contributed by atoms with Gasteiger partial charge < -0.3 is 19.5 Å². The van der Waals surface area contributed by atoms with Gasteiger partial charge in [0, 0.05) is 36.7 Å². The van der Waals surface area contributed by atoms with Gasteiger partial charge in [-0.2, -0.15) is 4.98 Å². The predicted octanol–water partition coefficient (Wildman–Crippen LogP) is 2.98. The summed E-state index contributed by atoms with van der Waals surface area (Å²) in [6.07, 6.45) is 2.91. The highest BCUT2D eigenvalue weighted by molar-refractivity contribution is 5.96. The Morgan fingerprint density at radius 3 is 2.89 bits per heavy atom. The maximum atomic E-state index is 15.1. The van der Waals surface area contributed by atoms with Gasteiger partial charge in [0.15, 0.2) is 5.65 Å². The molecule has 11 nitrogen and oxygen atoms in total. The lowest BCUT2D eigenvalue weighted by atomic mass is 9.97. The molecule has 0 aliphatic carbocycles. The standard InChI is InChI=1S/C25H26FN7O4/c1-25(2,3)24-29-21(32-37-24)22(35)28-11-15-5-4-14(10-18(15)26)17-6-8-27-20-19(17)23(31-30-20)36-16-7-9-33(12-16)13-34/h4-6,8,10,13,16H,7,9,11-12H2,1-3H3,(H,28,35)(H,27,30,31). The van der Waals surface area contributed by atoms with E-state index < -0.39 is 17.1 Å². The fourth-order valence-electron chi connectivity index (χ4n) is 4.09. The fraction of sp³-hybridized carbons (Fsp3) is 0.360. The molecular weight excluding hydrogens is 481 g/mol. The molecular formula is C25H26FN7O4. The Kier molecular flexibility index (Phi) is 6.32. The fourth-order valence-corrected chi connectivity index (χ4v) is 4.09. The average molecular weight is 508 g/mol. The number of fused-ring (bicyclic) bond motifs is 1. The van der Waals surface area contributed by atoms with E-state index in [9.17, 15) is 9.59 Å². The normalized spacial score (nSPS) is 15.8. The molecule has 12 heteroatoms. The molecule has 0 bridgehead atoms. The Morgan fingerprint density at radius 2 is 2.19 bits per heavy atom. The number of H-pyrrole nitrogens is 1. The molecule has 3 aromatic heterocycles. The van der Waals surface area contributed by atoms with Crippen molar-refractivity contribution in [2.75, 3.05) is 13.1 Å². The summed E-state index contributed by atoms with van der Waals surface area (Å²) >= 11 is 0. The molecule has 0 spiro atoms. The van der Waals surface area contributed by atoms with Crippen LogP contribution in [-0.2, 0) is 16.8 Å². The number of hydrogen-bond donors (Lipinski definition) is 2. The lowest BCUT2D eigenvalue weighted by Crippen LogP contribution is -2.24. The molecule has 192 valence electrons. The number of likely N-dealkylation sites (tertiary alicyclic amines) is 1. The van der Waals surface area contributed by atoms with E-state index in [1.54, 1.807) is 29.3 Å². The minimum absolute atomic E-state index is 0.0505. The Hall–Kier alpha value is -4.35. The van der Waals surface area contributed by atoms with Gasteiger partial charge in [0.1, 0.15) is 11.9 Å². The third kappa shape index (κ3) is 4.99. The molecule has 4 heterocycles. The Labute approximate surface area is 211 Å². The number of carbonyl (C=O) groups is 2. The van der Waals surface area contributed by atoms with Crippen molar-refractivity contribution >= 4 is 23.4 Å². The van der Waals surface area contributed by atoms with Crippen molar-refractivity contribution in [3.63, 3.8) is 0 Å². The summed E-state index contributed by atoms with van der Waals surface area (Å²) in [4.78, 5) is 33.5. The van der Waals surface area contributed by atoms with Crippen LogP contribution in [0.15, 0.2) is 35.0 Å². The largest absolute Gasteiger partial charge is 0.471 e. The number of nitrogens with one attached hydrogen (secondary N) is 2. The van der Waals surface area contributed by atoms with Crippen molar-refractivity contribution in [2.45, 2.75) is 45.3 Å². The number of nitrogens with zero attached hydrogens (tertiary/aromatic N) is 5. The van der Waals surface area contributed by atoms with Crippen LogP contribution in [0.3, 0.4) is 0 Å². The molecule has 1 unspecified atom stereocenters. The number of benzene rings is 1. The quantitative estimate of drug-likeness (QED) is 0.364. The minimum Gasteiger partial charge on any atom is -0.471 e. The van der Waals surface area contributed by atoms with Crippen LogP contribution >= 0.6 is 0 Å². The van der Waals surface area contributed by atoms with Gasteiger partial charge in [0.25, 0.3) is 11.7 Å². The molecule has 1 saturated heterocycles. The first kappa shape index (κ1) is 24.3. The molecule has 1 fully saturated rings. The van der Waals surface area contributed by atoms with Gasteiger partial charge in [-0.05, 0) is 23.3 Å². The molecule has 1 aliphatic heterocycles. The average Bonchev–Trinajstić information content (AvgIpc) is 3.63. The van der Waals surface area contributed by atoms with Crippen LogP contribution in [0, 0.1) is 5.82 Å². The molecule has 0 saturated carbocycles. The highest BCUT2D eigenvalue weighted by Crippen LogP contribution is 2.34. The zero-order chi connectivity index (χ0) is 26.2. The van der Waals surface area contributed by atoms with Crippen LogP contribution < -0.4 is 10.1 Å². The second kappa shape index (κ2) is 9.60. The summed E-state index contributed by atoms with van der Waals surface area (Å²) in [5.41, 5.74) is 1.70. The van der Waals surface area contributed by atoms with Gasteiger partial charge in [0.2, 0.25) is 18.2 Å². The van der Waals surface area contributed by atoms with E-state index in [4.69, 9.17) is 9.26 Å². The summed E-state index contributed by atoms with van der Waals surface area (Å²) in [6, 6.07) is 6.51. The predicted molar refractivity (Wildman–Crippen MR) is 130 cm³/mol. The van der Waals surface area contributed by atoms with E-state index in [-0.39, 0.29) is 18.5 Å². The molecule has 2 amide bonds. The van der Waals surface area contributed by atoms with Crippen molar-refractivity contribution in [1.82, 2.24) is 35.5 Å². The molecule has 0 radical (unpaired) electrons. The molecule has 4 aromatic rings. The van der Waals surface area contributed by atoms with Gasteiger partial charge >= 0.3 is 0 Å². The molecule has 5 rings (SSSR count). The van der Waals surface area contributed by atoms with Crippen molar-refractivity contribution < 1.29 is 23.2 Å². The lowest BCUT2D eigenvalue weighted by Gasteiger charge is -2.13. The third-order valence-electron chi connectivity index (χ3n) is 6.11. The minimum atomic E-state index is -0.557. The molecule has 37 heavy (non-hydrogen) atoms. The Morgan fingerprint density at radius 1 is 1.35 bits per heavy atom. The number of amides is 2. The van der Waals surface area contributed by atoms with Crippen LogP contribution in [0.4, 0.5) is 4.39 Å². The van der Waals surface area contributed by atoms with Crippen LogP contribution in [0.2, 0.25) is 0 Å². The third-order valence-corrected chi connectivity index (χ3v) is 6.11. The Bertz CT molecular complexity index is 1460. The van der Waals surface area contributed by atoms with Crippen LogP contribution in [0.25, 0.3) is 22.2 Å². The second-order valence-electron chi connectivity index (χ2n) is 9.90. The summed E-state index contributed by atoms with van der Waals surface area (Å²) in [5.74, 6) is -0.462. The van der Waals surface area contributed by atoms with E-state index in [0.717, 1.165) is 6.41 Å². The van der Waals surface area contributed by atoms with Crippen molar-refractivity contribution in [3.05, 3.63) is 53.6 Å². The highest BCUT2D eigenvalue weighted by atomic mass is 19.1. The number of carbonyl (C=O) groups excluding carboxylic acids is 2. The number of ether oxygens (including phenoxy) is 1. The van der Waals surface area contributed by atoms with Gasteiger partial charge in [0.05, 0.1) is 11.9 Å². The second-order valence-corrected chi connectivity index (χ2v) is 9.90. The van der Waals surface area contributed by atoms with E-state index in [2.05, 4.69) is 30.6 Å². The summed E-state index contributed by atoms with van der Waals surface area (Å²) in [5, 5.41) is 14.1. The molecule has 1 atom stereocenters. The van der Waals surface area contributed by atoms with Crippen molar-refractivity contribution in [1.29, 1.82) is 0 Å². The van der Waals surface area contributed by atoms with Crippen LogP contribution in [0.5, 0.6) is 5.88 Å². The molecule has 2 N–H and O–H groups in total. The van der Waals surface area contributed by atoms with E-state index >= 15 is 4.39 Å². The maximum absolute atomic E-state index is 15.1. The number of aromatic amines is 1. The monoisotopic (exact) mass is 507 g/mol. The SMILES string of the molecule is CC(C)(C)c1nc(C(=O)NCc2ccc(-c3ccnc4[nH]nc(OC5CCN(C=O)C5)c34)cc2F)no1. The number of halogens is 1. The van der Waals surface area contributed by atoms with Crippen molar-refractivity contribution in [2.24, 2.45) is 0 Å². The van der Waals surface area contributed by atoms with Gasteiger partial charge in [-0.3, -0.25) is 14.7 Å². The molecule has 1 aliphatic rings. The number of aromatic nitrogens is 5. The Balaban J connectivity index is 1.33. The first-order chi connectivity index (χ1) is 17.7. The van der Waals surface area contributed by atoms with E-state index in [1.165, 1.54) is 6.07 Å². The topological polar surface area (TPSA) is 139 Å². The summed E-state index contributed by atoms with van der Waals surface area (Å²) < 4.78 is 26.3. The first-order valence-electron chi connectivity index (χ1n) is 11.8. The van der Waals surface area contributed by atoms with Gasteiger partial charge in [-0.25, -0.2) is 9.37 Å². The maximum Gasteiger partial charge on any atom is 0.292 e. The van der Waals surface area contributed by atoms with E-state index in [0.29, 0.717) is 59.0 Å². The lowest BCUT2D eigenvalue weighted by molar-refractivity contribution is -0.117. The zero-order valence-electron chi connectivity index (χ0n) is 20.6. The summed E-state index contributed by atoms with van der Waals surface area (Å²) in [7, 11) is 0. The summed E-state index contributed by atoms with van der Waals surface area (Å²) in [6.45, 7) is 6.73. The molecule has 1 aromatic carbocycles. The van der Waals surface area contributed by atoms with Crippen LogP contribution in [-0.4, -0.2) is 61.7 Å². The number of rotatable bonds is 7. The number of hydrogen-bond acceptors (Lipinski definition) is 8. The number of pyridine rings is 1. The highest BCUT2D eigenvalue weighted by Gasteiger charge is 2.26. The van der Waals surface area contributed by atoms with E-state index in [1.807, 2.05) is 20.8 Å². The first-order valence-corrected chi connectivity index (χ1v) is 11.8. The smallest absolute Gasteiger partial charge is 0.292 e. The van der Waals surface area contributed by atoms with Gasteiger partial charge in [-0.15, -0.1) is 5.10 Å². The zero-order valence-corrected chi connectivity index (χ0v) is 20.6. The van der Waals surface area contributed by atoms with Gasteiger partial charge in [-0.1, -0.05) is 38.1 Å².